The van der Waals surface area contributed by atoms with Gasteiger partial charge in [0.2, 0.25) is 5.91 Å². The molecule has 1 heterocycles. The van der Waals surface area contributed by atoms with Crippen LogP contribution in [0, 0.1) is 6.92 Å². The van der Waals surface area contributed by atoms with E-state index in [1.165, 1.54) is 6.42 Å². The van der Waals surface area contributed by atoms with Crippen molar-refractivity contribution in [3.8, 4) is 0 Å². The Morgan fingerprint density at radius 3 is 2.50 bits per heavy atom. The zero-order chi connectivity index (χ0) is 20.1. The first-order chi connectivity index (χ1) is 13.5. The third kappa shape index (κ3) is 4.69. The number of allylic oxidation sites excluding steroid dienone is 1. The average molecular weight is 377 g/mol. The maximum Gasteiger partial charge on any atom is 0.254 e. The van der Waals surface area contributed by atoms with Crippen LogP contribution in [0.3, 0.4) is 0 Å². The number of benzene rings is 2. The van der Waals surface area contributed by atoms with Gasteiger partial charge in [0, 0.05) is 29.9 Å². The zero-order valence-corrected chi connectivity index (χ0v) is 16.9. The molecule has 4 nitrogen and oxygen atoms in total. The normalized spacial score (nSPS) is 17.3. The number of carbonyl (C=O) groups excluding carboxylic acids is 2. The number of likely N-dealkylation sites (tertiary alicyclic amines) is 1. The third-order valence-electron chi connectivity index (χ3n) is 5.37. The van der Waals surface area contributed by atoms with Crippen LogP contribution in [-0.4, -0.2) is 29.3 Å². The second kappa shape index (κ2) is 8.87. The van der Waals surface area contributed by atoms with Crippen molar-refractivity contribution >= 4 is 23.1 Å². The van der Waals surface area contributed by atoms with E-state index >= 15 is 0 Å². The van der Waals surface area contributed by atoms with Crippen LogP contribution in [0.4, 0.5) is 5.69 Å². The summed E-state index contributed by atoms with van der Waals surface area (Å²) < 4.78 is 0. The van der Waals surface area contributed by atoms with Crippen molar-refractivity contribution in [2.75, 3.05) is 11.9 Å². The molecule has 146 valence electrons. The Balaban J connectivity index is 1.70. The predicted octanol–water partition coefficient (Wildman–Crippen LogP) is 5.05. The number of amides is 2. The maximum absolute atomic E-state index is 12.8. The lowest BCUT2D eigenvalue weighted by Gasteiger charge is -2.33. The number of rotatable bonds is 4. The van der Waals surface area contributed by atoms with Gasteiger partial charge in [0.1, 0.15) is 0 Å². The Labute approximate surface area is 167 Å². The van der Waals surface area contributed by atoms with Crippen LogP contribution in [0.25, 0.3) is 5.57 Å². The van der Waals surface area contributed by atoms with Crippen molar-refractivity contribution in [3.63, 3.8) is 0 Å². The molecule has 1 aliphatic rings. The second-order valence-corrected chi connectivity index (χ2v) is 7.56. The van der Waals surface area contributed by atoms with Crippen molar-refractivity contribution in [1.82, 2.24) is 4.90 Å². The SMILES string of the molecule is C/C(=C/C(=O)Nc1ccc(C(=O)N2CCCCC2C)cc1C)c1ccccc1. The number of carbonyl (C=O) groups is 2. The van der Waals surface area contributed by atoms with Gasteiger partial charge in [0.05, 0.1) is 0 Å². The fourth-order valence-electron chi connectivity index (χ4n) is 3.65. The summed E-state index contributed by atoms with van der Waals surface area (Å²) >= 11 is 0. The molecule has 1 aliphatic heterocycles. The first kappa shape index (κ1) is 19.9. The molecular weight excluding hydrogens is 348 g/mol. The lowest BCUT2D eigenvalue weighted by Crippen LogP contribution is -2.42. The number of aryl methyl sites for hydroxylation is 1. The molecule has 0 radical (unpaired) electrons. The molecule has 1 atom stereocenters. The molecule has 0 aliphatic carbocycles. The number of hydrogen-bond acceptors (Lipinski definition) is 2. The summed E-state index contributed by atoms with van der Waals surface area (Å²) in [6.07, 6.45) is 4.91. The van der Waals surface area contributed by atoms with Crippen LogP contribution in [-0.2, 0) is 4.79 Å². The van der Waals surface area contributed by atoms with Crippen LogP contribution in [0.1, 0.15) is 54.6 Å². The van der Waals surface area contributed by atoms with Crippen LogP contribution < -0.4 is 5.32 Å². The minimum Gasteiger partial charge on any atom is -0.336 e. The van der Waals surface area contributed by atoms with Gasteiger partial charge in [-0.25, -0.2) is 0 Å². The number of nitrogens with zero attached hydrogens (tertiary/aromatic N) is 1. The monoisotopic (exact) mass is 376 g/mol. The van der Waals surface area contributed by atoms with Crippen molar-refractivity contribution in [3.05, 3.63) is 71.3 Å². The largest absolute Gasteiger partial charge is 0.336 e. The molecule has 0 aromatic heterocycles. The first-order valence-electron chi connectivity index (χ1n) is 9.92. The molecule has 2 amide bonds. The highest BCUT2D eigenvalue weighted by atomic mass is 16.2. The molecule has 0 spiro atoms. The van der Waals surface area contributed by atoms with E-state index in [1.807, 2.05) is 61.2 Å². The summed E-state index contributed by atoms with van der Waals surface area (Å²) in [6, 6.07) is 15.6. The van der Waals surface area contributed by atoms with E-state index in [-0.39, 0.29) is 17.9 Å². The van der Waals surface area contributed by atoms with E-state index < -0.39 is 0 Å². The lowest BCUT2D eigenvalue weighted by molar-refractivity contribution is -0.111. The van der Waals surface area contributed by atoms with E-state index in [0.29, 0.717) is 5.56 Å². The second-order valence-electron chi connectivity index (χ2n) is 7.56. The Hall–Kier alpha value is -2.88. The molecular formula is C24H28N2O2. The summed E-state index contributed by atoms with van der Waals surface area (Å²) in [4.78, 5) is 27.2. The summed E-state index contributed by atoms with van der Waals surface area (Å²) in [6.45, 7) is 6.77. The Morgan fingerprint density at radius 2 is 1.82 bits per heavy atom. The van der Waals surface area contributed by atoms with Crippen LogP contribution >= 0.6 is 0 Å². The Bertz CT molecular complexity index is 887. The highest BCUT2D eigenvalue weighted by Gasteiger charge is 2.24. The van der Waals surface area contributed by atoms with Crippen LogP contribution in [0.15, 0.2) is 54.6 Å². The van der Waals surface area contributed by atoms with Gasteiger partial charge < -0.3 is 10.2 Å². The molecule has 2 aromatic carbocycles. The molecule has 0 saturated carbocycles. The molecule has 1 fully saturated rings. The van der Waals surface area contributed by atoms with Crippen molar-refractivity contribution < 1.29 is 9.59 Å². The van der Waals surface area contributed by atoms with E-state index in [9.17, 15) is 9.59 Å². The summed E-state index contributed by atoms with van der Waals surface area (Å²) in [5.74, 6) is -0.0961. The smallest absolute Gasteiger partial charge is 0.254 e. The quantitative estimate of drug-likeness (QED) is 0.759. The molecule has 1 unspecified atom stereocenters. The van der Waals surface area contributed by atoms with Crippen molar-refractivity contribution in [1.29, 1.82) is 0 Å². The maximum atomic E-state index is 12.8. The fraction of sp³-hybridized carbons (Fsp3) is 0.333. The van der Waals surface area contributed by atoms with E-state index in [0.717, 1.165) is 41.8 Å². The van der Waals surface area contributed by atoms with Gasteiger partial charge in [0.25, 0.3) is 5.91 Å². The minimum absolute atomic E-state index is 0.0768. The van der Waals surface area contributed by atoms with Crippen LogP contribution in [0.2, 0.25) is 0 Å². The number of hydrogen-bond donors (Lipinski definition) is 1. The molecule has 0 bridgehead atoms. The topological polar surface area (TPSA) is 49.4 Å². The van der Waals surface area contributed by atoms with Crippen LogP contribution in [0.5, 0.6) is 0 Å². The molecule has 2 aromatic rings. The standard InChI is InChI=1S/C24H28N2O2/c1-17(20-10-5-4-6-11-20)16-23(27)25-22-13-12-21(15-18(22)2)24(28)26-14-8-7-9-19(26)3/h4-6,10-13,15-16,19H,7-9,14H2,1-3H3,(H,25,27)/b17-16-. The summed E-state index contributed by atoms with van der Waals surface area (Å²) in [5, 5.41) is 2.93. The number of anilines is 1. The van der Waals surface area contributed by atoms with Gasteiger partial charge >= 0.3 is 0 Å². The fourth-order valence-corrected chi connectivity index (χ4v) is 3.65. The molecule has 4 heteroatoms. The summed E-state index contributed by atoms with van der Waals surface area (Å²) in [5.41, 5.74) is 4.22. The van der Waals surface area contributed by atoms with Crippen molar-refractivity contribution in [2.45, 2.75) is 46.1 Å². The lowest BCUT2D eigenvalue weighted by atomic mass is 10.0. The molecule has 1 N–H and O–H groups in total. The average Bonchev–Trinajstić information content (AvgIpc) is 2.70. The van der Waals surface area contributed by atoms with E-state index in [4.69, 9.17) is 0 Å². The van der Waals surface area contributed by atoms with E-state index in [2.05, 4.69) is 12.2 Å². The van der Waals surface area contributed by atoms with Gasteiger partial charge in [-0.1, -0.05) is 30.3 Å². The number of piperidine rings is 1. The minimum atomic E-state index is -0.173. The molecule has 28 heavy (non-hydrogen) atoms. The Kier molecular flexibility index (Phi) is 6.30. The third-order valence-corrected chi connectivity index (χ3v) is 5.37. The van der Waals surface area contributed by atoms with Gasteiger partial charge in [-0.3, -0.25) is 9.59 Å². The highest BCUT2D eigenvalue weighted by molar-refractivity contribution is 6.04. The summed E-state index contributed by atoms with van der Waals surface area (Å²) in [7, 11) is 0. The van der Waals surface area contributed by atoms with Gasteiger partial charge in [-0.15, -0.1) is 0 Å². The first-order valence-corrected chi connectivity index (χ1v) is 9.92. The molecule has 1 saturated heterocycles. The zero-order valence-electron chi connectivity index (χ0n) is 16.9. The van der Waals surface area contributed by atoms with Gasteiger partial charge in [-0.05, 0) is 74.9 Å². The van der Waals surface area contributed by atoms with Gasteiger partial charge in [-0.2, -0.15) is 0 Å². The number of nitrogens with one attached hydrogen (secondary N) is 1. The van der Waals surface area contributed by atoms with Crippen molar-refractivity contribution in [2.24, 2.45) is 0 Å². The molecule has 3 rings (SSSR count). The Morgan fingerprint density at radius 1 is 1.07 bits per heavy atom. The highest BCUT2D eigenvalue weighted by Crippen LogP contribution is 2.22. The van der Waals surface area contributed by atoms with Gasteiger partial charge in [0.15, 0.2) is 0 Å². The van der Waals surface area contributed by atoms with E-state index in [1.54, 1.807) is 12.1 Å². The predicted molar refractivity (Wildman–Crippen MR) is 114 cm³/mol.